The Morgan fingerprint density at radius 1 is 1.43 bits per heavy atom. The first-order chi connectivity index (χ1) is 6.38. The average molecular weight is 219 g/mol. The van der Waals surface area contributed by atoms with E-state index in [1.165, 1.54) is 6.07 Å². The predicted molar refractivity (Wildman–Crippen MR) is 53.2 cm³/mol. The number of aliphatic hydroxyl groups is 1. The molecule has 1 aromatic rings. The molecule has 0 aliphatic carbocycles. The van der Waals surface area contributed by atoms with E-state index in [1.54, 1.807) is 13.8 Å². The lowest BCUT2D eigenvalue weighted by Crippen LogP contribution is -2.22. The third-order valence-corrected chi connectivity index (χ3v) is 2.44. The highest BCUT2D eigenvalue weighted by Gasteiger charge is 2.25. The molecule has 0 radical (unpaired) electrons. The van der Waals surface area contributed by atoms with Gasteiger partial charge in [-0.15, -0.1) is 0 Å². The van der Waals surface area contributed by atoms with Crippen molar-refractivity contribution in [2.45, 2.75) is 19.3 Å². The van der Waals surface area contributed by atoms with Crippen molar-refractivity contribution in [1.82, 2.24) is 0 Å². The Balaban J connectivity index is 3.34. The second-order valence-corrected chi connectivity index (χ2v) is 4.23. The van der Waals surface area contributed by atoms with Crippen LogP contribution < -0.4 is 0 Å². The molecule has 1 aromatic carbocycles. The van der Waals surface area contributed by atoms with Gasteiger partial charge in [-0.1, -0.05) is 25.4 Å². The minimum atomic E-state index is -0.712. The molecule has 2 nitrogen and oxygen atoms in total. The third-order valence-electron chi connectivity index (χ3n) is 2.15. The highest BCUT2D eigenvalue weighted by atomic mass is 35.5. The van der Waals surface area contributed by atoms with Gasteiger partial charge in [0.1, 0.15) is 11.6 Å². The zero-order chi connectivity index (χ0) is 10.9. The maximum Gasteiger partial charge on any atom is 0.138 e. The smallest absolute Gasteiger partial charge is 0.138 e. The zero-order valence-electron chi connectivity index (χ0n) is 8.01. The molecule has 0 spiro atoms. The lowest BCUT2D eigenvalue weighted by atomic mass is 9.85. The average Bonchev–Trinajstić information content (AvgIpc) is 2.11. The van der Waals surface area contributed by atoms with Crippen LogP contribution in [-0.4, -0.2) is 16.8 Å². The van der Waals surface area contributed by atoms with Gasteiger partial charge < -0.3 is 10.2 Å². The molecule has 0 fully saturated rings. The molecule has 78 valence electrons. The third kappa shape index (κ3) is 1.99. The van der Waals surface area contributed by atoms with Gasteiger partial charge in [0.05, 0.1) is 11.6 Å². The Kier molecular flexibility index (Phi) is 3.02. The lowest BCUT2D eigenvalue weighted by molar-refractivity contribution is 0.215. The number of phenols is 1. The second kappa shape index (κ2) is 3.75. The Labute approximate surface area is 86.9 Å². The van der Waals surface area contributed by atoms with Crippen LogP contribution in [0.15, 0.2) is 12.1 Å². The Morgan fingerprint density at radius 3 is 2.50 bits per heavy atom. The normalized spacial score (nSPS) is 11.8. The largest absolute Gasteiger partial charge is 0.506 e. The molecular weight excluding hydrogens is 207 g/mol. The summed E-state index contributed by atoms with van der Waals surface area (Å²) in [4.78, 5) is 0. The van der Waals surface area contributed by atoms with E-state index in [1.807, 2.05) is 0 Å². The van der Waals surface area contributed by atoms with Crippen molar-refractivity contribution in [2.24, 2.45) is 0 Å². The summed E-state index contributed by atoms with van der Waals surface area (Å²) < 4.78 is 13.0. The molecule has 0 bridgehead atoms. The minimum absolute atomic E-state index is 0.0403. The number of hydrogen-bond donors (Lipinski definition) is 2. The van der Waals surface area contributed by atoms with E-state index in [-0.39, 0.29) is 17.4 Å². The van der Waals surface area contributed by atoms with Crippen LogP contribution in [0.3, 0.4) is 0 Å². The van der Waals surface area contributed by atoms with Crippen LogP contribution in [0.2, 0.25) is 5.02 Å². The quantitative estimate of drug-likeness (QED) is 0.801. The molecule has 2 N–H and O–H groups in total. The fraction of sp³-hybridized carbons (Fsp3) is 0.400. The molecule has 0 aromatic heterocycles. The van der Waals surface area contributed by atoms with Crippen LogP contribution in [0.5, 0.6) is 5.75 Å². The first kappa shape index (κ1) is 11.3. The molecule has 4 heteroatoms. The molecule has 0 aliphatic heterocycles. The van der Waals surface area contributed by atoms with Crippen molar-refractivity contribution < 1.29 is 14.6 Å². The van der Waals surface area contributed by atoms with Crippen molar-refractivity contribution in [3.05, 3.63) is 28.5 Å². The maximum absolute atomic E-state index is 13.0. The van der Waals surface area contributed by atoms with Crippen LogP contribution >= 0.6 is 11.6 Å². The lowest BCUT2D eigenvalue weighted by Gasteiger charge is -2.23. The first-order valence-corrected chi connectivity index (χ1v) is 4.55. The van der Waals surface area contributed by atoms with Crippen LogP contribution in [0.25, 0.3) is 0 Å². The molecule has 0 atom stereocenters. The van der Waals surface area contributed by atoms with E-state index in [0.29, 0.717) is 5.56 Å². The molecule has 0 unspecified atom stereocenters. The van der Waals surface area contributed by atoms with Crippen molar-refractivity contribution in [3.8, 4) is 5.75 Å². The van der Waals surface area contributed by atoms with Crippen LogP contribution in [-0.2, 0) is 5.41 Å². The summed E-state index contributed by atoms with van der Waals surface area (Å²) in [5.74, 6) is -0.698. The Morgan fingerprint density at radius 2 is 2.00 bits per heavy atom. The molecule has 0 amide bonds. The predicted octanol–water partition coefficient (Wildman–Crippen LogP) is 2.45. The number of aromatic hydroxyl groups is 1. The Hall–Kier alpha value is -0.800. The van der Waals surface area contributed by atoms with Gasteiger partial charge >= 0.3 is 0 Å². The molecule has 1 rings (SSSR count). The van der Waals surface area contributed by atoms with Gasteiger partial charge in [0.2, 0.25) is 0 Å². The van der Waals surface area contributed by atoms with Gasteiger partial charge in [-0.2, -0.15) is 0 Å². The maximum atomic E-state index is 13.0. The summed E-state index contributed by atoms with van der Waals surface area (Å²) in [6.45, 7) is 3.19. The fourth-order valence-corrected chi connectivity index (χ4v) is 1.37. The van der Waals surface area contributed by atoms with Crippen LogP contribution in [0, 0.1) is 5.82 Å². The highest BCUT2D eigenvalue weighted by molar-refractivity contribution is 6.32. The number of rotatable bonds is 2. The van der Waals surface area contributed by atoms with Crippen molar-refractivity contribution in [1.29, 1.82) is 0 Å². The Bertz CT molecular complexity index is 350. The second-order valence-electron chi connectivity index (χ2n) is 3.83. The van der Waals surface area contributed by atoms with E-state index in [9.17, 15) is 9.50 Å². The van der Waals surface area contributed by atoms with E-state index < -0.39 is 11.2 Å². The number of aliphatic hydroxyl groups excluding tert-OH is 1. The fourth-order valence-electron chi connectivity index (χ4n) is 1.17. The van der Waals surface area contributed by atoms with Crippen LogP contribution in [0.4, 0.5) is 4.39 Å². The molecule has 0 heterocycles. The van der Waals surface area contributed by atoms with Gasteiger partial charge in [-0.25, -0.2) is 4.39 Å². The van der Waals surface area contributed by atoms with E-state index in [0.717, 1.165) is 6.07 Å². The summed E-state index contributed by atoms with van der Waals surface area (Å²) >= 11 is 5.61. The molecule has 0 aliphatic rings. The molecular formula is C10H12ClFO2. The topological polar surface area (TPSA) is 40.5 Å². The van der Waals surface area contributed by atoms with Gasteiger partial charge in [0.15, 0.2) is 0 Å². The SMILES string of the molecule is CC(C)(CO)c1cc(F)cc(Cl)c1O. The summed E-state index contributed by atoms with van der Waals surface area (Å²) in [5, 5.41) is 18.6. The molecule has 0 saturated carbocycles. The molecule has 14 heavy (non-hydrogen) atoms. The van der Waals surface area contributed by atoms with Crippen molar-refractivity contribution in [3.63, 3.8) is 0 Å². The summed E-state index contributed by atoms with van der Waals surface area (Å²) in [5.41, 5.74) is -0.402. The van der Waals surface area contributed by atoms with Crippen molar-refractivity contribution >= 4 is 11.6 Å². The minimum Gasteiger partial charge on any atom is -0.506 e. The van der Waals surface area contributed by atoms with E-state index >= 15 is 0 Å². The monoisotopic (exact) mass is 218 g/mol. The standard InChI is InChI=1S/C10H12ClFO2/c1-10(2,5-13)7-3-6(12)4-8(11)9(7)14/h3-4,13-14H,5H2,1-2H3. The van der Waals surface area contributed by atoms with Crippen LogP contribution in [0.1, 0.15) is 19.4 Å². The van der Waals surface area contributed by atoms with Gasteiger partial charge in [-0.3, -0.25) is 0 Å². The van der Waals surface area contributed by atoms with E-state index in [4.69, 9.17) is 16.7 Å². The number of benzene rings is 1. The number of phenolic OH excluding ortho intramolecular Hbond substituents is 1. The highest BCUT2D eigenvalue weighted by Crippen LogP contribution is 2.36. The van der Waals surface area contributed by atoms with Gasteiger partial charge in [0, 0.05) is 11.0 Å². The summed E-state index contributed by atoms with van der Waals surface area (Å²) in [6.07, 6.45) is 0. The summed E-state index contributed by atoms with van der Waals surface area (Å²) in [7, 11) is 0. The molecule has 0 saturated heterocycles. The van der Waals surface area contributed by atoms with Gasteiger partial charge in [0.25, 0.3) is 0 Å². The summed E-state index contributed by atoms with van der Waals surface area (Å²) in [6, 6.07) is 2.21. The van der Waals surface area contributed by atoms with Gasteiger partial charge in [-0.05, 0) is 12.1 Å². The number of halogens is 2. The first-order valence-electron chi connectivity index (χ1n) is 4.18. The van der Waals surface area contributed by atoms with Crippen molar-refractivity contribution in [2.75, 3.05) is 6.61 Å². The zero-order valence-corrected chi connectivity index (χ0v) is 8.77. The van der Waals surface area contributed by atoms with E-state index in [2.05, 4.69) is 0 Å². The number of hydrogen-bond acceptors (Lipinski definition) is 2.